The topological polar surface area (TPSA) is 105 Å². The van der Waals surface area contributed by atoms with Gasteiger partial charge in [0.05, 0.1) is 17.2 Å². The monoisotopic (exact) mass is 406 g/mol. The molecule has 0 saturated carbocycles. The molecule has 0 aliphatic rings. The van der Waals surface area contributed by atoms with Gasteiger partial charge < -0.3 is 20.3 Å². The van der Waals surface area contributed by atoms with E-state index in [2.05, 4.69) is 20.6 Å². The predicted molar refractivity (Wildman–Crippen MR) is 112 cm³/mol. The molecule has 1 aromatic heterocycles. The second-order valence-corrected chi connectivity index (χ2v) is 7.01. The van der Waals surface area contributed by atoms with E-state index >= 15 is 0 Å². The van der Waals surface area contributed by atoms with Crippen LogP contribution in [0, 0.1) is 10.1 Å². The summed E-state index contributed by atoms with van der Waals surface area (Å²) in [6.07, 6.45) is -0.00742. The molecule has 0 aliphatic heterocycles. The highest BCUT2D eigenvalue weighted by molar-refractivity contribution is 7.09. The molecule has 0 saturated heterocycles. The van der Waals surface area contributed by atoms with Crippen LogP contribution in [0.25, 0.3) is 0 Å². The van der Waals surface area contributed by atoms with Crippen LogP contribution in [-0.4, -0.2) is 55.1 Å². The minimum atomic E-state index is -0.410. The molecule has 1 unspecified atom stereocenters. The molecule has 9 nitrogen and oxygen atoms in total. The summed E-state index contributed by atoms with van der Waals surface area (Å²) in [5.74, 6) is 0.764. The van der Waals surface area contributed by atoms with Crippen LogP contribution >= 0.6 is 11.3 Å². The van der Waals surface area contributed by atoms with E-state index in [4.69, 9.17) is 4.74 Å². The van der Waals surface area contributed by atoms with Gasteiger partial charge in [-0.2, -0.15) is 0 Å². The Labute approximate surface area is 168 Å². The zero-order chi connectivity index (χ0) is 20.5. The summed E-state index contributed by atoms with van der Waals surface area (Å²) >= 11 is 1.59. The molecule has 0 amide bonds. The van der Waals surface area contributed by atoms with E-state index in [0.29, 0.717) is 19.6 Å². The van der Waals surface area contributed by atoms with Crippen LogP contribution in [0.15, 0.2) is 34.6 Å². The van der Waals surface area contributed by atoms with E-state index in [1.165, 1.54) is 12.1 Å². The fourth-order valence-electron chi connectivity index (χ4n) is 2.47. The third kappa shape index (κ3) is 6.17. The second kappa shape index (κ2) is 10.6. The van der Waals surface area contributed by atoms with E-state index in [1.807, 2.05) is 24.3 Å². The molecule has 0 fully saturated rings. The normalized spacial score (nSPS) is 12.5. The summed E-state index contributed by atoms with van der Waals surface area (Å²) in [5, 5.41) is 20.2. The van der Waals surface area contributed by atoms with Crippen molar-refractivity contribution in [2.45, 2.75) is 19.6 Å². The standard InChI is InChI=1S/C18H26N6O3S/c1-13(27-4)17-22-15(12-28-17)11-23(3)18(19-2)21-10-9-20-14-5-7-16(8-6-14)24(25)26/h5-8,12-13,20H,9-11H2,1-4H3,(H,19,21). The van der Waals surface area contributed by atoms with Gasteiger partial charge in [-0.05, 0) is 19.1 Å². The molecule has 152 valence electrons. The summed E-state index contributed by atoms with van der Waals surface area (Å²) in [6.45, 7) is 3.92. The zero-order valence-electron chi connectivity index (χ0n) is 16.5. The van der Waals surface area contributed by atoms with Crippen molar-refractivity contribution in [2.24, 2.45) is 4.99 Å². The molecule has 0 radical (unpaired) electrons. The van der Waals surface area contributed by atoms with Gasteiger partial charge >= 0.3 is 0 Å². The SMILES string of the molecule is CN=C(NCCNc1ccc([N+](=O)[O-])cc1)N(C)Cc1csc(C(C)OC)n1. The number of methoxy groups -OCH3 is 1. The Morgan fingerprint density at radius 3 is 2.71 bits per heavy atom. The molecule has 1 aromatic carbocycles. The third-order valence-corrected chi connectivity index (χ3v) is 5.11. The number of non-ortho nitro benzene ring substituents is 1. The van der Waals surface area contributed by atoms with Crippen molar-refractivity contribution in [1.29, 1.82) is 0 Å². The fourth-order valence-corrected chi connectivity index (χ4v) is 3.31. The largest absolute Gasteiger partial charge is 0.383 e. The molecule has 1 atom stereocenters. The predicted octanol–water partition coefficient (Wildman–Crippen LogP) is 2.88. The van der Waals surface area contributed by atoms with E-state index in [-0.39, 0.29) is 11.8 Å². The van der Waals surface area contributed by atoms with Crippen LogP contribution in [0.2, 0.25) is 0 Å². The lowest BCUT2D eigenvalue weighted by atomic mass is 10.3. The van der Waals surface area contributed by atoms with E-state index in [9.17, 15) is 10.1 Å². The molecule has 0 aliphatic carbocycles. The number of anilines is 1. The lowest BCUT2D eigenvalue weighted by molar-refractivity contribution is -0.384. The van der Waals surface area contributed by atoms with Gasteiger partial charge in [-0.25, -0.2) is 4.98 Å². The summed E-state index contributed by atoms with van der Waals surface area (Å²) < 4.78 is 5.30. The van der Waals surface area contributed by atoms with Gasteiger partial charge in [-0.1, -0.05) is 0 Å². The van der Waals surface area contributed by atoms with Crippen molar-refractivity contribution in [2.75, 3.05) is 39.6 Å². The maximum absolute atomic E-state index is 10.7. The average molecular weight is 407 g/mol. The van der Waals surface area contributed by atoms with Crippen LogP contribution in [0.4, 0.5) is 11.4 Å². The Morgan fingerprint density at radius 1 is 1.39 bits per heavy atom. The second-order valence-electron chi connectivity index (χ2n) is 6.12. The van der Waals surface area contributed by atoms with Crippen molar-refractivity contribution < 1.29 is 9.66 Å². The summed E-state index contributed by atoms with van der Waals surface area (Å²) in [5.41, 5.74) is 1.88. The molecular weight excluding hydrogens is 380 g/mol. The smallest absolute Gasteiger partial charge is 0.269 e. The van der Waals surface area contributed by atoms with Crippen LogP contribution in [0.3, 0.4) is 0 Å². The Morgan fingerprint density at radius 2 is 2.11 bits per heavy atom. The lowest BCUT2D eigenvalue weighted by Gasteiger charge is -2.21. The summed E-state index contributed by atoms with van der Waals surface area (Å²) in [4.78, 5) is 21.2. The van der Waals surface area contributed by atoms with Crippen LogP contribution in [0.5, 0.6) is 0 Å². The first-order valence-corrected chi connectivity index (χ1v) is 9.69. The van der Waals surface area contributed by atoms with Gasteiger partial charge in [-0.15, -0.1) is 11.3 Å². The Balaban J connectivity index is 1.78. The number of guanidine groups is 1. The van der Waals surface area contributed by atoms with Crippen molar-refractivity contribution >= 4 is 28.7 Å². The Bertz CT molecular complexity index is 793. The fraction of sp³-hybridized carbons (Fsp3) is 0.444. The maximum atomic E-state index is 10.7. The number of hydrogen-bond donors (Lipinski definition) is 2. The minimum absolute atomic E-state index is 0.00742. The number of aromatic nitrogens is 1. The van der Waals surface area contributed by atoms with Crippen molar-refractivity contribution in [3.05, 3.63) is 50.5 Å². The molecule has 0 bridgehead atoms. The van der Waals surface area contributed by atoms with Crippen molar-refractivity contribution in [3.8, 4) is 0 Å². The highest BCUT2D eigenvalue weighted by Crippen LogP contribution is 2.21. The van der Waals surface area contributed by atoms with E-state index < -0.39 is 4.92 Å². The van der Waals surface area contributed by atoms with Crippen molar-refractivity contribution in [3.63, 3.8) is 0 Å². The molecule has 2 rings (SSSR count). The molecular formula is C18H26N6O3S. The first-order chi connectivity index (χ1) is 13.4. The van der Waals surface area contributed by atoms with Crippen molar-refractivity contribution in [1.82, 2.24) is 15.2 Å². The number of ether oxygens (including phenoxy) is 1. The number of hydrogen-bond acceptors (Lipinski definition) is 7. The average Bonchev–Trinajstić information content (AvgIpc) is 3.16. The van der Waals surface area contributed by atoms with Crippen LogP contribution < -0.4 is 10.6 Å². The Hall–Kier alpha value is -2.72. The van der Waals surface area contributed by atoms with Gasteiger partial charge in [0.2, 0.25) is 0 Å². The number of nitrogens with one attached hydrogen (secondary N) is 2. The maximum Gasteiger partial charge on any atom is 0.269 e. The molecule has 1 heterocycles. The van der Waals surface area contributed by atoms with Gasteiger partial charge in [0.1, 0.15) is 11.1 Å². The van der Waals surface area contributed by atoms with Crippen LogP contribution in [-0.2, 0) is 11.3 Å². The number of thiazole rings is 1. The summed E-state index contributed by atoms with van der Waals surface area (Å²) in [6, 6.07) is 6.35. The number of benzene rings is 1. The third-order valence-electron chi connectivity index (χ3n) is 4.06. The molecule has 2 N–H and O–H groups in total. The molecule has 0 spiro atoms. The van der Waals surface area contributed by atoms with Gasteiger partial charge in [0.15, 0.2) is 5.96 Å². The first kappa shape index (κ1) is 21.6. The van der Waals surface area contributed by atoms with Gasteiger partial charge in [0.25, 0.3) is 5.69 Å². The summed E-state index contributed by atoms with van der Waals surface area (Å²) in [7, 11) is 5.37. The number of rotatable bonds is 9. The number of aliphatic imine (C=N–C) groups is 1. The number of nitrogens with zero attached hydrogens (tertiary/aromatic N) is 4. The lowest BCUT2D eigenvalue weighted by Crippen LogP contribution is -2.40. The highest BCUT2D eigenvalue weighted by Gasteiger charge is 2.12. The molecule has 28 heavy (non-hydrogen) atoms. The zero-order valence-corrected chi connectivity index (χ0v) is 17.3. The van der Waals surface area contributed by atoms with Gasteiger partial charge in [0, 0.05) is 57.5 Å². The molecule has 2 aromatic rings. The Kier molecular flexibility index (Phi) is 8.15. The number of nitro benzene ring substituents is 1. The highest BCUT2D eigenvalue weighted by atomic mass is 32.1. The van der Waals surface area contributed by atoms with E-state index in [0.717, 1.165) is 22.3 Å². The minimum Gasteiger partial charge on any atom is -0.383 e. The quantitative estimate of drug-likeness (QED) is 0.217. The first-order valence-electron chi connectivity index (χ1n) is 8.81. The molecule has 10 heteroatoms. The number of nitro groups is 1. The van der Waals surface area contributed by atoms with Gasteiger partial charge in [-0.3, -0.25) is 15.1 Å². The van der Waals surface area contributed by atoms with E-state index in [1.54, 1.807) is 37.6 Å². The van der Waals surface area contributed by atoms with Crippen LogP contribution in [0.1, 0.15) is 23.7 Å².